The summed E-state index contributed by atoms with van der Waals surface area (Å²) < 4.78 is 30.2. The van der Waals surface area contributed by atoms with Crippen LogP contribution in [0.15, 0.2) is 21.5 Å². The second kappa shape index (κ2) is 9.05. The Hall–Kier alpha value is -2.47. The number of nitrogens with two attached hydrogens (primary N) is 1. The van der Waals surface area contributed by atoms with Gasteiger partial charge in [-0.15, -0.1) is 4.36 Å². The lowest BCUT2D eigenvalue weighted by Crippen LogP contribution is -2.34. The highest BCUT2D eigenvalue weighted by molar-refractivity contribution is 7.91. The van der Waals surface area contributed by atoms with Gasteiger partial charge in [-0.05, 0) is 67.8 Å². The van der Waals surface area contributed by atoms with E-state index in [1.807, 2.05) is 7.05 Å². The molecule has 33 heavy (non-hydrogen) atoms. The molecule has 1 aromatic carbocycles. The van der Waals surface area contributed by atoms with Crippen molar-refractivity contribution in [3.63, 3.8) is 0 Å². The van der Waals surface area contributed by atoms with Crippen molar-refractivity contribution < 1.29 is 18.5 Å². The molecule has 0 radical (unpaired) electrons. The predicted molar refractivity (Wildman–Crippen MR) is 124 cm³/mol. The van der Waals surface area contributed by atoms with Gasteiger partial charge in [-0.1, -0.05) is 6.07 Å². The van der Waals surface area contributed by atoms with Gasteiger partial charge in [0.1, 0.15) is 17.6 Å². The molecule has 0 saturated heterocycles. The monoisotopic (exact) mass is 474 g/mol. The topological polar surface area (TPSA) is 133 Å². The summed E-state index contributed by atoms with van der Waals surface area (Å²) in [7, 11) is -1.68. The van der Waals surface area contributed by atoms with E-state index in [1.165, 1.54) is 28.5 Å². The maximum absolute atomic E-state index is 13.3. The summed E-state index contributed by atoms with van der Waals surface area (Å²) in [6, 6.07) is 1.58. The molecule has 2 heterocycles. The number of aryl methyl sites for hydroxylation is 2. The average Bonchev–Trinajstić information content (AvgIpc) is 3.52. The summed E-state index contributed by atoms with van der Waals surface area (Å²) in [5, 5.41) is 16.2. The van der Waals surface area contributed by atoms with Crippen molar-refractivity contribution in [3.8, 4) is 5.88 Å². The third kappa shape index (κ3) is 4.37. The summed E-state index contributed by atoms with van der Waals surface area (Å²) >= 11 is 0. The van der Waals surface area contributed by atoms with Crippen LogP contribution in [0.25, 0.3) is 0 Å². The molecule has 178 valence electrons. The molecule has 0 saturated carbocycles. The number of anilines is 1. The van der Waals surface area contributed by atoms with E-state index in [4.69, 9.17) is 14.6 Å². The molecule has 10 nitrogen and oxygen atoms in total. The maximum Gasteiger partial charge on any atom is 0.354 e. The van der Waals surface area contributed by atoms with E-state index < -0.39 is 15.9 Å². The van der Waals surface area contributed by atoms with Crippen molar-refractivity contribution in [2.45, 2.75) is 56.1 Å². The van der Waals surface area contributed by atoms with Crippen molar-refractivity contribution in [1.82, 2.24) is 15.1 Å². The van der Waals surface area contributed by atoms with Crippen molar-refractivity contribution in [2.75, 3.05) is 32.1 Å². The molecule has 11 heteroatoms. The number of urea groups is 1. The summed E-state index contributed by atoms with van der Waals surface area (Å²) in [5.41, 5.74) is 5.79. The lowest BCUT2D eigenvalue weighted by atomic mass is 9.99. The van der Waals surface area contributed by atoms with Crippen LogP contribution in [0.3, 0.4) is 0 Å². The molecule has 2 aliphatic carbocycles. The fourth-order valence-corrected chi connectivity index (χ4v) is 5.95. The van der Waals surface area contributed by atoms with E-state index in [0.29, 0.717) is 13.2 Å². The third-order valence-electron chi connectivity index (χ3n) is 6.49. The Morgan fingerprint density at radius 3 is 2.73 bits per heavy atom. The lowest BCUT2D eigenvalue weighted by molar-refractivity contribution is -0.0115. The van der Waals surface area contributed by atoms with Crippen LogP contribution in [-0.4, -0.2) is 52.9 Å². The molecule has 3 aliphatic rings. The zero-order chi connectivity index (χ0) is 23.0. The minimum atomic E-state index is -3.54. The molecule has 0 spiro atoms. The van der Waals surface area contributed by atoms with E-state index in [9.17, 15) is 9.00 Å². The van der Waals surface area contributed by atoms with Crippen LogP contribution in [0.5, 0.6) is 5.88 Å². The van der Waals surface area contributed by atoms with E-state index in [2.05, 4.69) is 26.2 Å². The highest BCUT2D eigenvalue weighted by Gasteiger charge is 2.29. The summed E-state index contributed by atoms with van der Waals surface area (Å²) in [6.07, 6.45) is 7.25. The highest BCUT2D eigenvalue weighted by atomic mass is 32.2. The number of rotatable bonds is 6. The van der Waals surface area contributed by atoms with Crippen molar-refractivity contribution in [2.24, 2.45) is 9.50 Å². The Kier molecular flexibility index (Phi) is 6.12. The van der Waals surface area contributed by atoms with E-state index in [1.54, 1.807) is 4.68 Å². The minimum absolute atomic E-state index is 0.120. The number of fused-ring (bicyclic) bond motifs is 3. The molecular formula is C22H30N6O4S. The zero-order valence-electron chi connectivity index (χ0n) is 18.8. The normalized spacial score (nSPS) is 20.4. The number of nitrogens with zero attached hydrogens (tertiary/aromatic N) is 3. The van der Waals surface area contributed by atoms with Gasteiger partial charge < -0.3 is 20.1 Å². The fraction of sp³-hybridized carbons (Fsp3) is 0.545. The second-order valence-corrected chi connectivity index (χ2v) is 10.5. The Morgan fingerprint density at radius 1 is 1.30 bits per heavy atom. The van der Waals surface area contributed by atoms with Crippen LogP contribution in [0.2, 0.25) is 0 Å². The molecule has 2 amide bonds. The van der Waals surface area contributed by atoms with Crippen LogP contribution in [0.4, 0.5) is 10.5 Å². The number of amides is 2. The van der Waals surface area contributed by atoms with E-state index >= 15 is 0 Å². The van der Waals surface area contributed by atoms with Gasteiger partial charge in [0.15, 0.2) is 9.92 Å². The highest BCUT2D eigenvalue weighted by Crippen LogP contribution is 2.38. The largest absolute Gasteiger partial charge is 0.474 e. The Labute approximate surface area is 193 Å². The minimum Gasteiger partial charge on any atom is -0.474 e. The molecule has 1 aliphatic heterocycles. The number of carbonyl (C=O) groups is 1. The van der Waals surface area contributed by atoms with Gasteiger partial charge in [0.2, 0.25) is 5.88 Å². The maximum atomic E-state index is 13.3. The molecule has 0 fully saturated rings. The molecule has 2 atom stereocenters. The molecule has 4 N–H and O–H groups in total. The van der Waals surface area contributed by atoms with Crippen molar-refractivity contribution in [3.05, 3.63) is 34.5 Å². The molecular weight excluding hydrogens is 444 g/mol. The molecule has 5 rings (SSSR count). The molecule has 2 aromatic rings. The van der Waals surface area contributed by atoms with Gasteiger partial charge >= 0.3 is 6.03 Å². The number of hydrogen-bond donors (Lipinski definition) is 3. The summed E-state index contributed by atoms with van der Waals surface area (Å²) in [6.45, 7) is 2.01. The van der Waals surface area contributed by atoms with Crippen LogP contribution in [0, 0.1) is 0 Å². The standard InChI is InChI=1S/C22H30N6O4S/c1-24-8-9-31-16-12-28-21(32-13-16)19(11-25-28)33(23,30)27-22(29)26-20-17-6-2-4-14(17)10-15-5-3-7-18(15)20/h10-11,16,24H,2-9,12-13H2,1H3,(H3,23,26,27,29,30)/t16-,33?/m1/s1. The van der Waals surface area contributed by atoms with Gasteiger partial charge in [0, 0.05) is 12.2 Å². The number of ether oxygens (including phenoxy) is 2. The van der Waals surface area contributed by atoms with Gasteiger partial charge in [0.05, 0.1) is 19.3 Å². The number of aromatic nitrogens is 2. The van der Waals surface area contributed by atoms with Crippen LogP contribution in [0.1, 0.15) is 35.1 Å². The number of carbonyl (C=O) groups excluding carboxylic acids is 1. The van der Waals surface area contributed by atoms with E-state index in [-0.39, 0.29) is 23.5 Å². The first kappa shape index (κ1) is 22.3. The fourth-order valence-electron chi connectivity index (χ4n) is 4.95. The third-order valence-corrected chi connectivity index (χ3v) is 7.83. The van der Waals surface area contributed by atoms with Crippen LogP contribution < -0.4 is 20.5 Å². The van der Waals surface area contributed by atoms with Crippen molar-refractivity contribution in [1.29, 1.82) is 0 Å². The smallest absolute Gasteiger partial charge is 0.354 e. The Bertz CT molecular complexity index is 1170. The van der Waals surface area contributed by atoms with Gasteiger partial charge in [-0.3, -0.25) is 0 Å². The van der Waals surface area contributed by atoms with Gasteiger partial charge in [-0.2, -0.15) is 5.10 Å². The Morgan fingerprint density at radius 2 is 2.03 bits per heavy atom. The van der Waals surface area contributed by atoms with Gasteiger partial charge in [-0.25, -0.2) is 18.8 Å². The number of benzene rings is 1. The summed E-state index contributed by atoms with van der Waals surface area (Å²) in [4.78, 5) is 13.0. The van der Waals surface area contributed by atoms with Gasteiger partial charge in [0.25, 0.3) is 0 Å². The quantitative estimate of drug-likeness (QED) is 0.547. The number of nitrogens with one attached hydrogen (secondary N) is 2. The molecule has 0 bridgehead atoms. The van der Waals surface area contributed by atoms with Crippen LogP contribution >= 0.6 is 0 Å². The predicted octanol–water partition coefficient (Wildman–Crippen LogP) is 1.79. The molecule has 1 unspecified atom stereocenters. The van der Waals surface area contributed by atoms with Crippen LogP contribution in [-0.2, 0) is 46.9 Å². The zero-order valence-corrected chi connectivity index (χ0v) is 19.6. The molecule has 1 aromatic heterocycles. The Balaban J connectivity index is 1.36. The number of hydrogen-bond acceptors (Lipinski definition) is 6. The first-order valence-electron chi connectivity index (χ1n) is 11.4. The second-order valence-electron chi connectivity index (χ2n) is 8.73. The first-order valence-corrected chi connectivity index (χ1v) is 13.0. The summed E-state index contributed by atoms with van der Waals surface area (Å²) in [5.74, 6) is 0.272. The lowest BCUT2D eigenvalue weighted by Gasteiger charge is -2.24. The average molecular weight is 475 g/mol. The first-order chi connectivity index (χ1) is 16.0. The SMILES string of the molecule is CNCCO[C@H]1COc2c(S(N)(=O)=NC(=O)Nc3c4c(cc5c3CCC5)CCC4)cnn2C1. The van der Waals surface area contributed by atoms with E-state index in [0.717, 1.165) is 50.8 Å². The number of likely N-dealkylation sites (N-methyl/N-ethyl adjacent to an activating group) is 1. The van der Waals surface area contributed by atoms with Crippen molar-refractivity contribution >= 4 is 21.6 Å².